The molecule has 0 fully saturated rings. The SMILES string of the molecule is COc1cccc(CCN)c1OCCn1ccnc1C. The fourth-order valence-corrected chi connectivity index (χ4v) is 2.12. The molecule has 0 atom stereocenters. The summed E-state index contributed by atoms with van der Waals surface area (Å²) < 4.78 is 13.3. The number of imidazole rings is 1. The maximum atomic E-state index is 5.91. The van der Waals surface area contributed by atoms with E-state index in [1.165, 1.54) is 0 Å². The van der Waals surface area contributed by atoms with E-state index in [4.69, 9.17) is 15.2 Å². The summed E-state index contributed by atoms with van der Waals surface area (Å²) >= 11 is 0. The molecule has 5 heteroatoms. The molecule has 108 valence electrons. The highest BCUT2D eigenvalue weighted by Crippen LogP contribution is 2.31. The topological polar surface area (TPSA) is 62.3 Å². The van der Waals surface area contributed by atoms with Crippen LogP contribution >= 0.6 is 0 Å². The Balaban J connectivity index is 2.05. The lowest BCUT2D eigenvalue weighted by atomic mass is 10.1. The van der Waals surface area contributed by atoms with Crippen LogP contribution in [0.15, 0.2) is 30.6 Å². The average Bonchev–Trinajstić information content (AvgIpc) is 2.86. The quantitative estimate of drug-likeness (QED) is 0.836. The lowest BCUT2D eigenvalue weighted by Gasteiger charge is -2.15. The number of ether oxygens (including phenoxy) is 2. The molecule has 0 saturated carbocycles. The van der Waals surface area contributed by atoms with Crippen LogP contribution in [0.3, 0.4) is 0 Å². The molecule has 2 rings (SSSR count). The molecule has 20 heavy (non-hydrogen) atoms. The number of methoxy groups -OCH3 is 1. The van der Waals surface area contributed by atoms with Gasteiger partial charge in [0.25, 0.3) is 0 Å². The molecule has 0 aliphatic heterocycles. The molecule has 0 bridgehead atoms. The van der Waals surface area contributed by atoms with Crippen molar-refractivity contribution in [2.24, 2.45) is 5.73 Å². The summed E-state index contributed by atoms with van der Waals surface area (Å²) in [4.78, 5) is 4.19. The molecular weight excluding hydrogens is 254 g/mol. The van der Waals surface area contributed by atoms with Gasteiger partial charge < -0.3 is 19.8 Å². The molecule has 1 aromatic carbocycles. The fourth-order valence-electron chi connectivity index (χ4n) is 2.12. The normalized spacial score (nSPS) is 10.6. The summed E-state index contributed by atoms with van der Waals surface area (Å²) in [5.74, 6) is 2.52. The van der Waals surface area contributed by atoms with Crippen LogP contribution in [0.5, 0.6) is 11.5 Å². The van der Waals surface area contributed by atoms with Gasteiger partial charge in [-0.15, -0.1) is 0 Å². The number of para-hydroxylation sites is 1. The van der Waals surface area contributed by atoms with E-state index in [1.807, 2.05) is 31.3 Å². The first kappa shape index (κ1) is 14.4. The van der Waals surface area contributed by atoms with E-state index < -0.39 is 0 Å². The van der Waals surface area contributed by atoms with Crippen LogP contribution < -0.4 is 15.2 Å². The maximum absolute atomic E-state index is 5.91. The van der Waals surface area contributed by atoms with E-state index >= 15 is 0 Å². The minimum absolute atomic E-state index is 0.565. The molecule has 0 saturated heterocycles. The standard InChI is InChI=1S/C15H21N3O2/c1-12-17-8-9-18(12)10-11-20-15-13(6-7-16)4-3-5-14(15)19-2/h3-5,8-9H,6-7,10-11,16H2,1-2H3. The van der Waals surface area contributed by atoms with E-state index in [0.29, 0.717) is 13.2 Å². The third-order valence-corrected chi connectivity index (χ3v) is 3.20. The number of nitrogens with two attached hydrogens (primary N) is 1. The smallest absolute Gasteiger partial charge is 0.164 e. The molecule has 5 nitrogen and oxygen atoms in total. The van der Waals surface area contributed by atoms with Gasteiger partial charge >= 0.3 is 0 Å². The Kier molecular flexibility index (Phi) is 5.01. The van der Waals surface area contributed by atoms with Crippen molar-refractivity contribution in [1.82, 2.24) is 9.55 Å². The Morgan fingerprint density at radius 2 is 2.20 bits per heavy atom. The highest BCUT2D eigenvalue weighted by atomic mass is 16.5. The van der Waals surface area contributed by atoms with Gasteiger partial charge in [0.1, 0.15) is 12.4 Å². The summed E-state index contributed by atoms with van der Waals surface area (Å²) in [7, 11) is 1.65. The van der Waals surface area contributed by atoms with E-state index in [9.17, 15) is 0 Å². The van der Waals surface area contributed by atoms with E-state index in [0.717, 1.165) is 35.9 Å². The first-order valence-corrected chi connectivity index (χ1v) is 6.72. The Morgan fingerprint density at radius 1 is 1.35 bits per heavy atom. The van der Waals surface area contributed by atoms with Crippen molar-refractivity contribution in [3.63, 3.8) is 0 Å². The molecule has 0 radical (unpaired) electrons. The molecule has 0 unspecified atom stereocenters. The number of rotatable bonds is 7. The van der Waals surface area contributed by atoms with Crippen LogP contribution in [0.1, 0.15) is 11.4 Å². The predicted molar refractivity (Wildman–Crippen MR) is 78.2 cm³/mol. The molecule has 0 amide bonds. The van der Waals surface area contributed by atoms with E-state index in [2.05, 4.69) is 9.55 Å². The number of nitrogens with zero attached hydrogens (tertiary/aromatic N) is 2. The van der Waals surface area contributed by atoms with Gasteiger partial charge in [0.15, 0.2) is 11.5 Å². The summed E-state index contributed by atoms with van der Waals surface area (Å²) in [6, 6.07) is 5.88. The zero-order valence-corrected chi connectivity index (χ0v) is 12.0. The third kappa shape index (κ3) is 3.30. The Hall–Kier alpha value is -2.01. The minimum Gasteiger partial charge on any atom is -0.493 e. The van der Waals surface area contributed by atoms with Gasteiger partial charge in [-0.3, -0.25) is 0 Å². The summed E-state index contributed by atoms with van der Waals surface area (Å²) in [5, 5.41) is 0. The second kappa shape index (κ2) is 6.96. The molecule has 0 spiro atoms. The van der Waals surface area contributed by atoms with Gasteiger partial charge in [-0.25, -0.2) is 4.98 Å². The van der Waals surface area contributed by atoms with Gasteiger partial charge in [0.2, 0.25) is 0 Å². The fraction of sp³-hybridized carbons (Fsp3) is 0.400. The molecule has 1 heterocycles. The van der Waals surface area contributed by atoms with Crippen LogP contribution in [-0.2, 0) is 13.0 Å². The van der Waals surface area contributed by atoms with Gasteiger partial charge in [-0.05, 0) is 31.5 Å². The number of aryl methyl sites for hydroxylation is 1. The van der Waals surface area contributed by atoms with E-state index in [1.54, 1.807) is 13.3 Å². The number of benzene rings is 1. The second-order valence-electron chi connectivity index (χ2n) is 4.50. The number of aromatic nitrogens is 2. The van der Waals surface area contributed by atoms with Crippen molar-refractivity contribution in [2.75, 3.05) is 20.3 Å². The predicted octanol–water partition coefficient (Wildman–Crippen LogP) is 1.78. The van der Waals surface area contributed by atoms with Gasteiger partial charge in [0.05, 0.1) is 13.7 Å². The van der Waals surface area contributed by atoms with Crippen molar-refractivity contribution in [2.45, 2.75) is 19.9 Å². The van der Waals surface area contributed by atoms with Crippen LogP contribution in [0, 0.1) is 6.92 Å². The van der Waals surface area contributed by atoms with Crippen LogP contribution in [0.25, 0.3) is 0 Å². The Labute approximate surface area is 119 Å². The van der Waals surface area contributed by atoms with E-state index in [-0.39, 0.29) is 0 Å². The largest absolute Gasteiger partial charge is 0.493 e. The van der Waals surface area contributed by atoms with Crippen molar-refractivity contribution >= 4 is 0 Å². The van der Waals surface area contributed by atoms with Crippen molar-refractivity contribution in [3.05, 3.63) is 42.0 Å². The molecule has 0 aliphatic rings. The van der Waals surface area contributed by atoms with Crippen molar-refractivity contribution in [1.29, 1.82) is 0 Å². The summed E-state index contributed by atoms with van der Waals surface area (Å²) in [5.41, 5.74) is 6.72. The monoisotopic (exact) mass is 275 g/mol. The zero-order chi connectivity index (χ0) is 14.4. The molecule has 1 aromatic heterocycles. The molecular formula is C15H21N3O2. The summed E-state index contributed by atoms with van der Waals surface area (Å²) in [6.07, 6.45) is 4.51. The number of hydrogen-bond acceptors (Lipinski definition) is 4. The molecule has 2 aromatic rings. The average molecular weight is 275 g/mol. The first-order valence-electron chi connectivity index (χ1n) is 6.72. The maximum Gasteiger partial charge on any atom is 0.164 e. The van der Waals surface area contributed by atoms with Gasteiger partial charge in [-0.2, -0.15) is 0 Å². The van der Waals surface area contributed by atoms with Crippen molar-refractivity contribution in [3.8, 4) is 11.5 Å². The zero-order valence-electron chi connectivity index (χ0n) is 12.0. The lowest BCUT2D eigenvalue weighted by Crippen LogP contribution is -2.11. The minimum atomic E-state index is 0.565. The highest BCUT2D eigenvalue weighted by Gasteiger charge is 2.10. The Bertz CT molecular complexity index is 552. The lowest BCUT2D eigenvalue weighted by molar-refractivity contribution is 0.276. The van der Waals surface area contributed by atoms with Crippen LogP contribution in [0.4, 0.5) is 0 Å². The second-order valence-corrected chi connectivity index (χ2v) is 4.50. The van der Waals surface area contributed by atoms with Crippen LogP contribution in [0.2, 0.25) is 0 Å². The first-order chi connectivity index (χ1) is 9.76. The van der Waals surface area contributed by atoms with Gasteiger partial charge in [-0.1, -0.05) is 12.1 Å². The Morgan fingerprint density at radius 3 is 2.85 bits per heavy atom. The molecule has 2 N–H and O–H groups in total. The number of hydrogen-bond donors (Lipinski definition) is 1. The van der Waals surface area contributed by atoms with Crippen molar-refractivity contribution < 1.29 is 9.47 Å². The van der Waals surface area contributed by atoms with Gasteiger partial charge in [0, 0.05) is 12.4 Å². The van der Waals surface area contributed by atoms with Crippen LogP contribution in [-0.4, -0.2) is 29.8 Å². The summed E-state index contributed by atoms with van der Waals surface area (Å²) in [6.45, 7) is 3.88. The highest BCUT2D eigenvalue weighted by molar-refractivity contribution is 5.46. The third-order valence-electron chi connectivity index (χ3n) is 3.20. The molecule has 0 aliphatic carbocycles.